The Kier molecular flexibility index (Phi) is 8.24. The second kappa shape index (κ2) is 13.4. The average Bonchev–Trinajstić information content (AvgIpc) is 3.76. The highest BCUT2D eigenvalue weighted by Gasteiger charge is 2.26. The number of benzene rings is 6. The van der Waals surface area contributed by atoms with Crippen LogP contribution in [0.4, 0.5) is 0 Å². The molecule has 0 radical (unpaired) electrons. The normalized spacial score (nSPS) is 12.3. The van der Waals surface area contributed by atoms with Gasteiger partial charge in [0.05, 0.1) is 44.8 Å². The third-order valence-corrected chi connectivity index (χ3v) is 11.7. The molecule has 0 spiro atoms. The number of fused-ring (bicyclic) bond motifs is 6. The first kappa shape index (κ1) is 35.6. The van der Waals surface area contributed by atoms with Crippen LogP contribution in [0.25, 0.3) is 88.8 Å². The van der Waals surface area contributed by atoms with E-state index in [4.69, 9.17) is 9.97 Å². The molecule has 0 fully saturated rings. The lowest BCUT2D eigenvalue weighted by Crippen LogP contribution is -2.15. The molecule has 0 atom stereocenters. The fourth-order valence-corrected chi connectivity index (χ4v) is 8.99. The van der Waals surface area contributed by atoms with Gasteiger partial charge >= 0.3 is 0 Å². The molecular weight excluding hydrogens is 705 g/mol. The van der Waals surface area contributed by atoms with Crippen LogP contribution in [0.2, 0.25) is 0 Å². The van der Waals surface area contributed by atoms with Gasteiger partial charge in [0, 0.05) is 50.1 Å². The topological polar surface area (TPSA) is 35.6 Å². The second-order valence-electron chi connectivity index (χ2n) is 17.5. The molecule has 4 nitrogen and oxygen atoms in total. The fraction of sp³-hybridized carbons (Fsp3) is 0.148. The van der Waals surface area contributed by atoms with Gasteiger partial charge in [0.1, 0.15) is 0 Å². The van der Waals surface area contributed by atoms with E-state index in [1.807, 2.05) is 6.20 Å². The van der Waals surface area contributed by atoms with Crippen LogP contribution in [-0.2, 0) is 10.8 Å². The molecule has 282 valence electrons. The summed E-state index contributed by atoms with van der Waals surface area (Å²) in [6.45, 7) is 13.7. The van der Waals surface area contributed by atoms with Crippen LogP contribution in [0, 0.1) is 0 Å². The van der Waals surface area contributed by atoms with Crippen LogP contribution in [0.15, 0.2) is 170 Å². The van der Waals surface area contributed by atoms with Crippen molar-refractivity contribution < 1.29 is 0 Å². The maximum atomic E-state index is 5.40. The largest absolute Gasteiger partial charge is 0.309 e. The Bertz CT molecular complexity index is 3090. The first-order valence-corrected chi connectivity index (χ1v) is 20.3. The number of nitrogens with zero attached hydrogens (tertiary/aromatic N) is 4. The maximum Gasteiger partial charge on any atom is 0.0732 e. The van der Waals surface area contributed by atoms with Gasteiger partial charge in [-0.25, -0.2) is 4.98 Å². The molecule has 4 heteroatoms. The summed E-state index contributed by atoms with van der Waals surface area (Å²) in [5.74, 6) is 0. The van der Waals surface area contributed by atoms with E-state index in [2.05, 4.69) is 214 Å². The minimum Gasteiger partial charge on any atom is -0.309 e. The first-order valence-electron chi connectivity index (χ1n) is 20.3. The third-order valence-electron chi connectivity index (χ3n) is 11.7. The smallest absolute Gasteiger partial charge is 0.0732 e. The lowest BCUT2D eigenvalue weighted by atomic mass is 9.81. The molecule has 0 amide bonds. The number of para-hydroxylation sites is 4. The van der Waals surface area contributed by atoms with E-state index in [1.165, 1.54) is 54.7 Å². The van der Waals surface area contributed by atoms with Crippen molar-refractivity contribution in [2.45, 2.75) is 52.4 Å². The highest BCUT2D eigenvalue weighted by atomic mass is 15.0. The molecule has 6 aromatic carbocycles. The molecule has 0 bridgehead atoms. The Balaban J connectivity index is 1.12. The zero-order valence-corrected chi connectivity index (χ0v) is 34.0. The standard InChI is InChI=1S/C54H46N4/c1-53(2,3)42-21-15-28-51(58-49-26-13-9-19-39(49)40-20-10-14-27-50(40)58)52(42)46-33-35(31-32-55-46)44-22-16-23-45(56-44)41-30-29-36(34-43(41)54(4,5)6)57-47-24-11-7-17-37(47)38-18-8-12-25-48(38)57/h7-34H,1-6H3. The minimum atomic E-state index is -0.133. The lowest BCUT2D eigenvalue weighted by Gasteiger charge is -2.26. The summed E-state index contributed by atoms with van der Waals surface area (Å²) >= 11 is 0. The van der Waals surface area contributed by atoms with Gasteiger partial charge in [0.25, 0.3) is 0 Å². The molecular formula is C54H46N4. The first-order chi connectivity index (χ1) is 28.1. The average molecular weight is 751 g/mol. The Labute approximate surface area is 340 Å². The van der Waals surface area contributed by atoms with Crippen molar-refractivity contribution in [3.05, 3.63) is 181 Å². The molecule has 0 aliphatic carbocycles. The van der Waals surface area contributed by atoms with Crippen LogP contribution < -0.4 is 0 Å². The summed E-state index contributed by atoms with van der Waals surface area (Å²) in [7, 11) is 0. The van der Waals surface area contributed by atoms with Crippen LogP contribution in [0.3, 0.4) is 0 Å². The number of pyridine rings is 2. The van der Waals surface area contributed by atoms with Gasteiger partial charge < -0.3 is 9.13 Å². The van der Waals surface area contributed by atoms with Crippen LogP contribution >= 0.6 is 0 Å². The molecule has 0 aliphatic rings. The van der Waals surface area contributed by atoms with Crippen LogP contribution in [0.1, 0.15) is 52.7 Å². The molecule has 10 aromatic rings. The van der Waals surface area contributed by atoms with Gasteiger partial charge in [0.2, 0.25) is 0 Å². The van der Waals surface area contributed by atoms with Crippen molar-refractivity contribution in [1.29, 1.82) is 0 Å². The monoisotopic (exact) mass is 750 g/mol. The predicted molar refractivity (Wildman–Crippen MR) is 244 cm³/mol. The number of rotatable bonds is 5. The molecule has 10 rings (SSSR count). The molecule has 0 saturated carbocycles. The van der Waals surface area contributed by atoms with Crippen molar-refractivity contribution in [3.63, 3.8) is 0 Å². The SMILES string of the molecule is CC(C)(C)c1cc(-n2c3ccccc3c3ccccc32)ccc1-c1cccc(-c2ccnc(-c3c(-n4c5ccccc5c5ccccc54)cccc3C(C)(C)C)c2)n1. The molecule has 0 saturated heterocycles. The number of hydrogen-bond acceptors (Lipinski definition) is 2. The fourth-order valence-electron chi connectivity index (χ4n) is 8.99. The third kappa shape index (κ3) is 5.82. The van der Waals surface area contributed by atoms with Gasteiger partial charge in [-0.3, -0.25) is 4.98 Å². The Morgan fingerprint density at radius 2 is 0.931 bits per heavy atom. The quantitative estimate of drug-likeness (QED) is 0.176. The highest BCUT2D eigenvalue weighted by molar-refractivity contribution is 6.10. The summed E-state index contributed by atoms with van der Waals surface area (Å²) in [6.07, 6.45) is 1.94. The number of aromatic nitrogens is 4. The van der Waals surface area contributed by atoms with Gasteiger partial charge in [0.15, 0.2) is 0 Å². The van der Waals surface area contributed by atoms with Crippen molar-refractivity contribution in [1.82, 2.24) is 19.1 Å². The summed E-state index contributed by atoms with van der Waals surface area (Å²) in [5.41, 5.74) is 15.4. The lowest BCUT2D eigenvalue weighted by molar-refractivity contribution is 0.591. The van der Waals surface area contributed by atoms with Gasteiger partial charge in [-0.1, -0.05) is 139 Å². The molecule has 4 heterocycles. The van der Waals surface area contributed by atoms with Crippen molar-refractivity contribution in [2.75, 3.05) is 0 Å². The molecule has 0 unspecified atom stereocenters. The zero-order valence-electron chi connectivity index (χ0n) is 34.0. The molecule has 4 aromatic heterocycles. The van der Waals surface area contributed by atoms with Gasteiger partial charge in [-0.05, 0) is 88.7 Å². The van der Waals surface area contributed by atoms with Crippen molar-refractivity contribution in [3.8, 4) is 45.1 Å². The van der Waals surface area contributed by atoms with Crippen molar-refractivity contribution >= 4 is 43.6 Å². The van der Waals surface area contributed by atoms with E-state index in [1.54, 1.807) is 0 Å². The number of hydrogen-bond donors (Lipinski definition) is 0. The summed E-state index contributed by atoms with van der Waals surface area (Å²) < 4.78 is 4.81. The van der Waals surface area contributed by atoms with Crippen LogP contribution in [-0.4, -0.2) is 19.1 Å². The Hall–Kier alpha value is -6.78. The van der Waals surface area contributed by atoms with E-state index < -0.39 is 0 Å². The van der Waals surface area contributed by atoms with E-state index in [0.717, 1.165) is 45.1 Å². The van der Waals surface area contributed by atoms with E-state index in [9.17, 15) is 0 Å². The highest BCUT2D eigenvalue weighted by Crippen LogP contribution is 2.42. The van der Waals surface area contributed by atoms with E-state index in [-0.39, 0.29) is 10.8 Å². The Morgan fingerprint density at radius 1 is 0.414 bits per heavy atom. The summed E-state index contributed by atoms with van der Waals surface area (Å²) in [6, 6.07) is 59.1. The van der Waals surface area contributed by atoms with Gasteiger partial charge in [-0.15, -0.1) is 0 Å². The summed E-state index contributed by atoms with van der Waals surface area (Å²) in [4.78, 5) is 10.5. The van der Waals surface area contributed by atoms with Gasteiger partial charge in [-0.2, -0.15) is 0 Å². The van der Waals surface area contributed by atoms with Crippen LogP contribution in [0.5, 0.6) is 0 Å². The molecule has 0 N–H and O–H groups in total. The van der Waals surface area contributed by atoms with E-state index in [0.29, 0.717) is 0 Å². The minimum absolute atomic E-state index is 0.130. The maximum absolute atomic E-state index is 5.40. The predicted octanol–water partition coefficient (Wildman–Crippen LogP) is 14.3. The Morgan fingerprint density at radius 3 is 1.50 bits per heavy atom. The molecule has 58 heavy (non-hydrogen) atoms. The summed E-state index contributed by atoms with van der Waals surface area (Å²) in [5, 5.41) is 5.01. The van der Waals surface area contributed by atoms with E-state index >= 15 is 0 Å². The second-order valence-corrected chi connectivity index (χ2v) is 17.5. The molecule has 0 aliphatic heterocycles. The van der Waals surface area contributed by atoms with Crippen molar-refractivity contribution in [2.24, 2.45) is 0 Å². The zero-order chi connectivity index (χ0) is 39.8.